The van der Waals surface area contributed by atoms with Crippen LogP contribution in [0.4, 0.5) is 0 Å². The summed E-state index contributed by atoms with van der Waals surface area (Å²) in [6.45, 7) is -0.431. The van der Waals surface area contributed by atoms with Gasteiger partial charge in [0.15, 0.2) is 6.23 Å². The number of rotatable bonds is 4. The molecule has 5 heteroatoms. The molecule has 2 unspecified atom stereocenters. The summed E-state index contributed by atoms with van der Waals surface area (Å²) in [6, 6.07) is 6.96. The Kier molecular flexibility index (Phi) is 3.41. The van der Waals surface area contributed by atoms with Gasteiger partial charge in [0, 0.05) is 16.5 Å². The van der Waals surface area contributed by atoms with Crippen molar-refractivity contribution < 1.29 is 19.8 Å². The van der Waals surface area contributed by atoms with Gasteiger partial charge in [-0.25, -0.2) is 0 Å². The van der Waals surface area contributed by atoms with E-state index in [1.165, 1.54) is 24.2 Å². The summed E-state index contributed by atoms with van der Waals surface area (Å²) in [7, 11) is 0. The van der Waals surface area contributed by atoms with Crippen LogP contribution in [0.2, 0.25) is 0 Å². The first kappa shape index (κ1) is 16.5. The molecule has 4 fully saturated rings. The fraction of sp³-hybridized carbons (Fsp3) is 0.619. The highest BCUT2D eigenvalue weighted by molar-refractivity contribution is 6.01. The lowest BCUT2D eigenvalue weighted by Gasteiger charge is -2.63. The predicted molar refractivity (Wildman–Crippen MR) is 94.1 cm³/mol. The summed E-state index contributed by atoms with van der Waals surface area (Å²) < 4.78 is 0. The number of carbonyl (C=O) groups is 2. The largest absolute Gasteiger partial charge is 0.393 e. The Labute approximate surface area is 153 Å². The number of carbonyl (C=O) groups excluding carboxylic acids is 2. The number of amides is 1. The van der Waals surface area contributed by atoms with Gasteiger partial charge in [0.05, 0.1) is 6.61 Å². The second-order valence-corrected chi connectivity index (χ2v) is 9.03. The normalized spacial score (nSPS) is 39.8. The summed E-state index contributed by atoms with van der Waals surface area (Å²) >= 11 is 0. The highest BCUT2D eigenvalue weighted by atomic mass is 16.3. The van der Waals surface area contributed by atoms with Crippen molar-refractivity contribution in [2.45, 2.75) is 50.3 Å². The van der Waals surface area contributed by atoms with E-state index in [9.17, 15) is 19.8 Å². The number of nitrogens with zero attached hydrogens (tertiary/aromatic N) is 1. The Balaban J connectivity index is 1.63. The summed E-state index contributed by atoms with van der Waals surface area (Å²) in [5.74, 6) is 1.38. The van der Waals surface area contributed by atoms with Crippen LogP contribution in [0.25, 0.3) is 0 Å². The van der Waals surface area contributed by atoms with E-state index in [1.807, 2.05) is 0 Å². The SMILES string of the molecule is O=CC(CO)(N1C(=O)c2ccccc2C1O)C12CC3CC(CC(C3)C1)C2. The summed E-state index contributed by atoms with van der Waals surface area (Å²) in [5, 5.41) is 21.4. The van der Waals surface area contributed by atoms with Gasteiger partial charge in [-0.05, 0) is 62.3 Å². The first-order valence-electron chi connectivity index (χ1n) is 9.71. The van der Waals surface area contributed by atoms with E-state index < -0.39 is 23.8 Å². The van der Waals surface area contributed by atoms with Gasteiger partial charge < -0.3 is 15.0 Å². The third-order valence-corrected chi connectivity index (χ3v) is 7.76. The molecule has 6 rings (SSSR count). The third-order valence-electron chi connectivity index (χ3n) is 7.76. The third kappa shape index (κ3) is 1.88. The minimum Gasteiger partial charge on any atom is -0.393 e. The molecular weight excluding hydrogens is 330 g/mol. The molecule has 1 aliphatic heterocycles. The standard InChI is InChI=1S/C21H25NO4/c23-11-21(12-24,20-8-13-5-14(9-20)7-15(6-13)10-20)22-18(25)16-3-1-2-4-17(16)19(22)26/h1-4,11,13-15,18,24-25H,5-10,12H2. The molecule has 1 aromatic rings. The summed E-state index contributed by atoms with van der Waals surface area (Å²) in [6.07, 6.45) is 5.81. The Morgan fingerprint density at radius 1 is 1.12 bits per heavy atom. The highest BCUT2D eigenvalue weighted by Crippen LogP contribution is 2.65. The molecule has 0 spiro atoms. The van der Waals surface area contributed by atoms with E-state index in [0.717, 1.165) is 25.5 Å². The molecule has 1 heterocycles. The van der Waals surface area contributed by atoms with E-state index in [1.54, 1.807) is 24.3 Å². The molecule has 0 aromatic heterocycles. The van der Waals surface area contributed by atoms with Gasteiger partial charge in [-0.2, -0.15) is 0 Å². The van der Waals surface area contributed by atoms with Gasteiger partial charge in [-0.15, -0.1) is 0 Å². The van der Waals surface area contributed by atoms with Crippen molar-refractivity contribution in [3.63, 3.8) is 0 Å². The average molecular weight is 355 g/mol. The van der Waals surface area contributed by atoms with E-state index in [-0.39, 0.29) is 5.91 Å². The van der Waals surface area contributed by atoms with Crippen molar-refractivity contribution in [2.75, 3.05) is 6.61 Å². The second kappa shape index (κ2) is 5.40. The summed E-state index contributed by atoms with van der Waals surface area (Å²) in [5.41, 5.74) is -0.804. The molecule has 1 aromatic carbocycles. The second-order valence-electron chi connectivity index (χ2n) is 9.03. The Morgan fingerprint density at radius 2 is 1.69 bits per heavy atom. The quantitative estimate of drug-likeness (QED) is 0.813. The van der Waals surface area contributed by atoms with E-state index in [4.69, 9.17) is 0 Å². The number of benzene rings is 1. The molecule has 4 saturated carbocycles. The number of hydrogen-bond acceptors (Lipinski definition) is 4. The van der Waals surface area contributed by atoms with Crippen LogP contribution in [0.1, 0.15) is 60.7 Å². The van der Waals surface area contributed by atoms with Gasteiger partial charge in [0.1, 0.15) is 11.8 Å². The molecule has 5 nitrogen and oxygen atoms in total. The number of aliphatic hydroxyl groups excluding tert-OH is 2. The van der Waals surface area contributed by atoms with Gasteiger partial charge in [0.25, 0.3) is 5.91 Å². The first-order valence-corrected chi connectivity index (χ1v) is 9.71. The summed E-state index contributed by atoms with van der Waals surface area (Å²) in [4.78, 5) is 27.0. The number of aldehydes is 1. The fourth-order valence-electron chi connectivity index (χ4n) is 7.06. The van der Waals surface area contributed by atoms with Crippen LogP contribution in [0.3, 0.4) is 0 Å². The van der Waals surface area contributed by atoms with E-state index in [0.29, 0.717) is 28.9 Å². The Morgan fingerprint density at radius 3 is 2.19 bits per heavy atom. The first-order chi connectivity index (χ1) is 12.5. The molecule has 2 atom stereocenters. The van der Waals surface area contributed by atoms with Gasteiger partial charge >= 0.3 is 0 Å². The van der Waals surface area contributed by atoms with Gasteiger partial charge in [0.2, 0.25) is 0 Å². The van der Waals surface area contributed by atoms with Crippen molar-refractivity contribution in [1.29, 1.82) is 0 Å². The Hall–Kier alpha value is -1.72. The molecule has 4 bridgehead atoms. The van der Waals surface area contributed by atoms with E-state index in [2.05, 4.69) is 0 Å². The maximum absolute atomic E-state index is 13.2. The molecule has 1 amide bonds. The molecule has 5 aliphatic rings. The monoisotopic (exact) mass is 355 g/mol. The smallest absolute Gasteiger partial charge is 0.257 e. The van der Waals surface area contributed by atoms with Gasteiger partial charge in [-0.3, -0.25) is 9.69 Å². The zero-order chi connectivity index (χ0) is 18.1. The lowest BCUT2D eigenvalue weighted by molar-refractivity contribution is -0.180. The fourth-order valence-corrected chi connectivity index (χ4v) is 7.06. The zero-order valence-electron chi connectivity index (χ0n) is 14.8. The topological polar surface area (TPSA) is 77.8 Å². The predicted octanol–water partition coefficient (Wildman–Crippen LogP) is 2.28. The highest BCUT2D eigenvalue weighted by Gasteiger charge is 2.65. The maximum atomic E-state index is 13.2. The molecule has 138 valence electrons. The lowest BCUT2D eigenvalue weighted by atomic mass is 9.44. The van der Waals surface area contributed by atoms with E-state index >= 15 is 0 Å². The van der Waals surface area contributed by atoms with Crippen LogP contribution in [0.15, 0.2) is 24.3 Å². The van der Waals surface area contributed by atoms with Gasteiger partial charge in [-0.1, -0.05) is 18.2 Å². The van der Waals surface area contributed by atoms with Crippen LogP contribution in [-0.4, -0.2) is 39.5 Å². The van der Waals surface area contributed by atoms with Crippen molar-refractivity contribution in [1.82, 2.24) is 4.90 Å². The number of hydrogen-bond donors (Lipinski definition) is 2. The lowest BCUT2D eigenvalue weighted by Crippen LogP contribution is -2.69. The van der Waals surface area contributed by atoms with Crippen LogP contribution in [-0.2, 0) is 4.79 Å². The van der Waals surface area contributed by atoms with Crippen molar-refractivity contribution in [3.8, 4) is 0 Å². The zero-order valence-corrected chi connectivity index (χ0v) is 14.8. The molecular formula is C21H25NO4. The average Bonchev–Trinajstić information content (AvgIpc) is 2.88. The minimum absolute atomic E-state index is 0.343. The van der Waals surface area contributed by atoms with Crippen molar-refractivity contribution >= 4 is 12.2 Å². The molecule has 2 N–H and O–H groups in total. The van der Waals surface area contributed by atoms with Crippen molar-refractivity contribution in [3.05, 3.63) is 35.4 Å². The van der Waals surface area contributed by atoms with Crippen LogP contribution >= 0.6 is 0 Å². The number of aliphatic hydroxyl groups is 2. The minimum atomic E-state index is -1.35. The molecule has 0 radical (unpaired) electrons. The van der Waals surface area contributed by atoms with Crippen molar-refractivity contribution in [2.24, 2.45) is 23.2 Å². The maximum Gasteiger partial charge on any atom is 0.257 e. The molecule has 4 aliphatic carbocycles. The molecule has 26 heavy (non-hydrogen) atoms. The van der Waals surface area contributed by atoms with Crippen LogP contribution in [0.5, 0.6) is 0 Å². The molecule has 0 saturated heterocycles. The van der Waals surface area contributed by atoms with Crippen LogP contribution in [0, 0.1) is 23.2 Å². The number of fused-ring (bicyclic) bond motifs is 1. The van der Waals surface area contributed by atoms with Crippen LogP contribution < -0.4 is 0 Å². The Bertz CT molecular complexity index is 740.